The summed E-state index contributed by atoms with van der Waals surface area (Å²) in [6.45, 7) is 9.90. The summed E-state index contributed by atoms with van der Waals surface area (Å²) in [4.78, 5) is 12.5. The maximum absolute atomic E-state index is 12.4. The summed E-state index contributed by atoms with van der Waals surface area (Å²) in [5.41, 5.74) is 2.32. The predicted molar refractivity (Wildman–Crippen MR) is 105 cm³/mol. The van der Waals surface area contributed by atoms with Gasteiger partial charge in [0.2, 0.25) is 10.0 Å². The van der Waals surface area contributed by atoms with Gasteiger partial charge in [0.15, 0.2) is 0 Å². The van der Waals surface area contributed by atoms with Crippen molar-refractivity contribution in [1.82, 2.24) is 4.72 Å². The molecular formula is C20H26N2O3S. The minimum Gasteiger partial charge on any atom is -0.322 e. The van der Waals surface area contributed by atoms with Gasteiger partial charge in [-0.25, -0.2) is 13.1 Å². The predicted octanol–water partition coefficient (Wildman–Crippen LogP) is 3.92. The van der Waals surface area contributed by atoms with Gasteiger partial charge in [0, 0.05) is 17.3 Å². The van der Waals surface area contributed by atoms with E-state index in [1.54, 1.807) is 13.8 Å². The third-order valence-electron chi connectivity index (χ3n) is 3.83. The first-order chi connectivity index (χ1) is 12.0. The zero-order valence-corrected chi connectivity index (χ0v) is 16.6. The van der Waals surface area contributed by atoms with E-state index in [2.05, 4.69) is 30.8 Å². The summed E-state index contributed by atoms with van der Waals surface area (Å²) in [5, 5.41) is 2.82. The molecule has 0 unspecified atom stereocenters. The number of rotatable bonds is 5. The Morgan fingerprint density at radius 3 is 1.92 bits per heavy atom. The number of carbonyl (C=O) groups excluding carboxylic acids is 1. The van der Waals surface area contributed by atoms with Gasteiger partial charge in [-0.3, -0.25) is 4.79 Å². The lowest BCUT2D eigenvalue weighted by molar-refractivity contribution is 0.102. The zero-order valence-electron chi connectivity index (χ0n) is 15.8. The number of hydrogen-bond acceptors (Lipinski definition) is 3. The summed E-state index contributed by atoms with van der Waals surface area (Å²) in [5.74, 6) is -0.283. The van der Waals surface area contributed by atoms with E-state index >= 15 is 0 Å². The van der Waals surface area contributed by atoms with Crippen molar-refractivity contribution in [3.8, 4) is 0 Å². The van der Waals surface area contributed by atoms with Crippen LogP contribution >= 0.6 is 0 Å². The number of hydrogen-bond donors (Lipinski definition) is 2. The van der Waals surface area contributed by atoms with Gasteiger partial charge >= 0.3 is 0 Å². The second kappa shape index (κ2) is 7.60. The molecular weight excluding hydrogens is 348 g/mol. The molecule has 0 radical (unpaired) electrons. The van der Waals surface area contributed by atoms with Crippen molar-refractivity contribution in [1.29, 1.82) is 0 Å². The largest absolute Gasteiger partial charge is 0.322 e. The van der Waals surface area contributed by atoms with Crippen molar-refractivity contribution in [2.45, 2.75) is 51.0 Å². The Kier molecular flexibility index (Phi) is 5.88. The van der Waals surface area contributed by atoms with Crippen LogP contribution in [-0.4, -0.2) is 20.4 Å². The third-order valence-corrected chi connectivity index (χ3v) is 5.50. The molecule has 0 aliphatic rings. The first-order valence-corrected chi connectivity index (χ1v) is 10.0. The number of carbonyl (C=O) groups is 1. The lowest BCUT2D eigenvalue weighted by atomic mass is 9.87. The highest BCUT2D eigenvalue weighted by molar-refractivity contribution is 7.89. The van der Waals surface area contributed by atoms with Crippen molar-refractivity contribution in [3.63, 3.8) is 0 Å². The molecule has 0 aliphatic carbocycles. The lowest BCUT2D eigenvalue weighted by Gasteiger charge is -2.19. The van der Waals surface area contributed by atoms with E-state index in [4.69, 9.17) is 0 Å². The van der Waals surface area contributed by atoms with E-state index in [1.165, 1.54) is 29.8 Å². The Morgan fingerprint density at radius 2 is 1.46 bits per heavy atom. The summed E-state index contributed by atoms with van der Waals surface area (Å²) in [6.07, 6.45) is 0. The maximum atomic E-state index is 12.4. The topological polar surface area (TPSA) is 75.3 Å². The highest BCUT2D eigenvalue weighted by Crippen LogP contribution is 2.23. The Labute approximate surface area is 155 Å². The van der Waals surface area contributed by atoms with Crippen LogP contribution in [-0.2, 0) is 15.4 Å². The van der Waals surface area contributed by atoms with Crippen LogP contribution in [0.1, 0.15) is 50.5 Å². The average Bonchev–Trinajstić information content (AvgIpc) is 2.53. The minimum atomic E-state index is -3.56. The Balaban J connectivity index is 2.11. The van der Waals surface area contributed by atoms with Crippen LogP contribution in [0.4, 0.5) is 5.69 Å². The second-order valence-corrected chi connectivity index (χ2v) is 9.30. The molecule has 0 saturated heterocycles. The average molecular weight is 375 g/mol. The maximum Gasteiger partial charge on any atom is 0.255 e. The van der Waals surface area contributed by atoms with Crippen LogP contribution in [0.2, 0.25) is 0 Å². The van der Waals surface area contributed by atoms with E-state index in [-0.39, 0.29) is 22.3 Å². The van der Waals surface area contributed by atoms with Crippen LogP contribution in [0.15, 0.2) is 53.4 Å². The smallest absolute Gasteiger partial charge is 0.255 e. The number of nitrogens with one attached hydrogen (secondary N) is 2. The van der Waals surface area contributed by atoms with E-state index in [1.807, 2.05) is 24.3 Å². The quantitative estimate of drug-likeness (QED) is 0.833. The molecule has 2 aromatic carbocycles. The van der Waals surface area contributed by atoms with Crippen molar-refractivity contribution < 1.29 is 13.2 Å². The van der Waals surface area contributed by atoms with E-state index in [9.17, 15) is 13.2 Å². The number of benzene rings is 2. The molecule has 2 N–H and O–H groups in total. The second-order valence-electron chi connectivity index (χ2n) is 7.58. The first-order valence-electron chi connectivity index (χ1n) is 8.53. The molecule has 0 saturated carbocycles. The highest BCUT2D eigenvalue weighted by Gasteiger charge is 2.16. The molecule has 140 valence electrons. The van der Waals surface area contributed by atoms with Crippen molar-refractivity contribution in [2.24, 2.45) is 0 Å². The van der Waals surface area contributed by atoms with E-state index < -0.39 is 10.0 Å². The molecule has 0 aliphatic heterocycles. The fourth-order valence-electron chi connectivity index (χ4n) is 2.42. The lowest BCUT2D eigenvalue weighted by Crippen LogP contribution is -2.30. The Morgan fingerprint density at radius 1 is 0.923 bits per heavy atom. The molecule has 2 aromatic rings. The van der Waals surface area contributed by atoms with Gasteiger partial charge in [-0.2, -0.15) is 0 Å². The normalized spacial score (nSPS) is 12.2. The number of amides is 1. The molecule has 1 amide bonds. The minimum absolute atomic E-state index is 0.0495. The molecule has 0 spiro atoms. The fourth-order valence-corrected chi connectivity index (χ4v) is 3.67. The monoisotopic (exact) mass is 374 g/mol. The van der Waals surface area contributed by atoms with Gasteiger partial charge in [0.1, 0.15) is 0 Å². The summed E-state index contributed by atoms with van der Waals surface area (Å²) >= 11 is 0. The van der Waals surface area contributed by atoms with Gasteiger partial charge in [-0.1, -0.05) is 32.9 Å². The van der Waals surface area contributed by atoms with Gasteiger partial charge in [0.05, 0.1) is 4.90 Å². The van der Waals surface area contributed by atoms with Gasteiger partial charge < -0.3 is 5.32 Å². The number of sulfonamides is 1. The van der Waals surface area contributed by atoms with E-state index in [0.29, 0.717) is 11.3 Å². The molecule has 0 heterocycles. The standard InChI is InChI=1S/C20H26N2O3S/c1-14(2)22-26(24,25)18-12-6-15(7-13-18)19(23)21-17-10-8-16(9-11-17)20(3,4)5/h6-14,22H,1-5H3,(H,21,23). The summed E-state index contributed by atoms with van der Waals surface area (Å²) < 4.78 is 26.7. The SMILES string of the molecule is CC(C)NS(=O)(=O)c1ccc(C(=O)Nc2ccc(C(C)(C)C)cc2)cc1. The van der Waals surface area contributed by atoms with Crippen LogP contribution in [0.25, 0.3) is 0 Å². The molecule has 0 fully saturated rings. The molecule has 26 heavy (non-hydrogen) atoms. The number of anilines is 1. The molecule has 0 aromatic heterocycles. The summed E-state index contributed by atoms with van der Waals surface area (Å²) in [6, 6.07) is 13.4. The van der Waals surface area contributed by atoms with Crippen LogP contribution in [0.5, 0.6) is 0 Å². The van der Waals surface area contributed by atoms with Crippen molar-refractivity contribution >= 4 is 21.6 Å². The van der Waals surface area contributed by atoms with Gasteiger partial charge in [-0.05, 0) is 61.2 Å². The highest BCUT2D eigenvalue weighted by atomic mass is 32.2. The Hall–Kier alpha value is -2.18. The van der Waals surface area contributed by atoms with Crippen molar-refractivity contribution in [3.05, 3.63) is 59.7 Å². The van der Waals surface area contributed by atoms with E-state index in [0.717, 1.165) is 0 Å². The van der Waals surface area contributed by atoms with Crippen LogP contribution in [0.3, 0.4) is 0 Å². The molecule has 2 rings (SSSR count). The van der Waals surface area contributed by atoms with Crippen LogP contribution in [0, 0.1) is 0 Å². The molecule has 0 bridgehead atoms. The van der Waals surface area contributed by atoms with Gasteiger partial charge in [0.25, 0.3) is 5.91 Å². The fraction of sp³-hybridized carbons (Fsp3) is 0.350. The third kappa shape index (κ3) is 5.16. The van der Waals surface area contributed by atoms with Crippen LogP contribution < -0.4 is 10.0 Å². The zero-order chi connectivity index (χ0) is 19.5. The summed E-state index contributed by atoms with van der Waals surface area (Å²) in [7, 11) is -3.56. The first kappa shape index (κ1) is 20.1. The van der Waals surface area contributed by atoms with Gasteiger partial charge in [-0.15, -0.1) is 0 Å². The molecule has 5 nitrogen and oxygen atoms in total. The van der Waals surface area contributed by atoms with Crippen molar-refractivity contribution in [2.75, 3.05) is 5.32 Å². The Bertz CT molecular complexity index is 863. The molecule has 6 heteroatoms. The molecule has 0 atom stereocenters.